The number of carboxylic acid groups (broad SMARTS) is 1. The Morgan fingerprint density at radius 2 is 1.57 bits per heavy atom. The number of hydrogen-bond acceptors (Lipinski definition) is 7. The van der Waals surface area contributed by atoms with Crippen molar-refractivity contribution in [3.63, 3.8) is 0 Å². The maximum Gasteiger partial charge on any atom is 0.306 e. The largest absolute Gasteiger partial charge is 0.481 e. The number of nitrogens with zero attached hydrogens (tertiary/aromatic N) is 1. The number of carboxylic acids is 1. The minimum absolute atomic E-state index is 0.0467. The third kappa shape index (κ3) is 6.78. The standard InChI is InChI=1S/C42H70N2O6S/c1-28(2)29-12-17-42(43-20-21-44-22-24-51(48,49)25-23-44)19-18-40(8)30(36(29)42)10-11-32-39(7)15-14-33(38(5,6)31(39)13-16-41(32,40)9)50-35(47)27-37(3,4)26-34(45)46/h29-33,36,43H,1,10-27H2,2-9H3,(H,45,46)/t29-,30+,31-,32+,33-,36+,39-,40+,41+,42-/m0/s1. The van der Waals surface area contributed by atoms with E-state index in [4.69, 9.17) is 4.74 Å². The van der Waals surface area contributed by atoms with E-state index in [9.17, 15) is 23.1 Å². The Bertz CT molecular complexity index is 1480. The Morgan fingerprint density at radius 3 is 2.22 bits per heavy atom. The molecule has 0 aromatic heterocycles. The molecule has 10 atom stereocenters. The molecule has 8 nitrogen and oxygen atoms in total. The predicted octanol–water partition coefficient (Wildman–Crippen LogP) is 7.52. The highest BCUT2D eigenvalue weighted by molar-refractivity contribution is 7.91. The topological polar surface area (TPSA) is 113 Å². The van der Waals surface area contributed by atoms with Gasteiger partial charge in [0.2, 0.25) is 0 Å². The summed E-state index contributed by atoms with van der Waals surface area (Å²) >= 11 is 0. The highest BCUT2D eigenvalue weighted by atomic mass is 32.2. The zero-order chi connectivity index (χ0) is 37.4. The Kier molecular flexibility index (Phi) is 10.3. The zero-order valence-electron chi connectivity index (χ0n) is 33.2. The molecular formula is C42H70N2O6S. The summed E-state index contributed by atoms with van der Waals surface area (Å²) in [6.45, 7) is 26.3. The van der Waals surface area contributed by atoms with Crippen molar-refractivity contribution in [1.82, 2.24) is 10.2 Å². The maximum atomic E-state index is 13.2. The monoisotopic (exact) mass is 730 g/mol. The van der Waals surface area contributed by atoms with E-state index in [0.29, 0.717) is 42.7 Å². The van der Waals surface area contributed by atoms with Crippen LogP contribution in [-0.4, -0.2) is 79.7 Å². The van der Waals surface area contributed by atoms with Crippen molar-refractivity contribution >= 4 is 21.8 Å². The van der Waals surface area contributed by atoms with E-state index in [1.165, 1.54) is 50.5 Å². The Morgan fingerprint density at radius 1 is 0.882 bits per heavy atom. The predicted molar refractivity (Wildman–Crippen MR) is 203 cm³/mol. The van der Waals surface area contributed by atoms with Gasteiger partial charge in [-0.25, -0.2) is 8.42 Å². The lowest BCUT2D eigenvalue weighted by Crippen LogP contribution is -2.69. The fraction of sp³-hybridized carbons (Fsp3) is 0.905. The molecule has 9 heteroatoms. The fourth-order valence-electron chi connectivity index (χ4n) is 14.1. The average molecular weight is 731 g/mol. The summed E-state index contributed by atoms with van der Waals surface area (Å²) in [5.41, 5.74) is 1.33. The van der Waals surface area contributed by atoms with Crippen LogP contribution in [0.4, 0.5) is 0 Å². The summed E-state index contributed by atoms with van der Waals surface area (Å²) in [7, 11) is -2.87. The molecule has 6 rings (SSSR count). The molecule has 0 aromatic carbocycles. The highest BCUT2D eigenvalue weighted by Crippen LogP contribution is 2.76. The van der Waals surface area contributed by atoms with Crippen molar-refractivity contribution in [1.29, 1.82) is 0 Å². The zero-order valence-corrected chi connectivity index (χ0v) is 34.1. The van der Waals surface area contributed by atoms with E-state index in [0.717, 1.165) is 32.4 Å². The van der Waals surface area contributed by atoms with E-state index < -0.39 is 21.2 Å². The summed E-state index contributed by atoms with van der Waals surface area (Å²) in [4.78, 5) is 26.9. The van der Waals surface area contributed by atoms with Gasteiger partial charge in [-0.05, 0) is 122 Å². The van der Waals surface area contributed by atoms with Crippen LogP contribution in [0.2, 0.25) is 0 Å². The van der Waals surface area contributed by atoms with Crippen LogP contribution in [0.1, 0.15) is 132 Å². The van der Waals surface area contributed by atoms with Crippen molar-refractivity contribution in [3.05, 3.63) is 12.2 Å². The molecule has 0 unspecified atom stereocenters. The normalized spacial score (nSPS) is 43.2. The third-order valence-corrected chi connectivity index (χ3v) is 18.5. The first kappa shape index (κ1) is 39.2. The molecule has 290 valence electrons. The number of carbonyl (C=O) groups excluding carboxylic acids is 1. The molecule has 6 fully saturated rings. The molecule has 2 N–H and O–H groups in total. The first-order valence-electron chi connectivity index (χ1n) is 20.3. The molecule has 0 aromatic rings. The van der Waals surface area contributed by atoms with E-state index in [2.05, 4.69) is 58.3 Å². The lowest BCUT2D eigenvalue weighted by molar-refractivity contribution is -0.246. The van der Waals surface area contributed by atoms with Gasteiger partial charge < -0.3 is 20.1 Å². The van der Waals surface area contributed by atoms with Gasteiger partial charge in [0, 0.05) is 37.1 Å². The van der Waals surface area contributed by atoms with Gasteiger partial charge in [-0.3, -0.25) is 9.59 Å². The second-order valence-corrected chi connectivity index (χ2v) is 22.8. The number of esters is 1. The van der Waals surface area contributed by atoms with Crippen molar-refractivity contribution in [2.45, 2.75) is 144 Å². The molecule has 51 heavy (non-hydrogen) atoms. The van der Waals surface area contributed by atoms with Crippen LogP contribution in [0, 0.1) is 56.7 Å². The number of rotatable bonds is 10. The van der Waals surface area contributed by atoms with Crippen LogP contribution in [0.3, 0.4) is 0 Å². The Hall–Kier alpha value is -1.45. The van der Waals surface area contributed by atoms with Crippen LogP contribution in [0.5, 0.6) is 0 Å². The molecule has 0 bridgehead atoms. The summed E-state index contributed by atoms with van der Waals surface area (Å²) in [6.07, 6.45) is 11.6. The number of nitrogens with one attached hydrogen (secondary N) is 1. The second-order valence-electron chi connectivity index (χ2n) is 20.5. The van der Waals surface area contributed by atoms with Crippen molar-refractivity contribution in [3.8, 4) is 0 Å². The minimum atomic E-state index is -2.87. The van der Waals surface area contributed by atoms with Gasteiger partial charge in [0.05, 0.1) is 24.3 Å². The number of fused-ring (bicyclic) bond motifs is 7. The van der Waals surface area contributed by atoms with Crippen LogP contribution >= 0.6 is 0 Å². The minimum Gasteiger partial charge on any atom is -0.481 e. The van der Waals surface area contributed by atoms with Crippen molar-refractivity contribution in [2.75, 3.05) is 37.7 Å². The molecule has 1 aliphatic heterocycles. The van der Waals surface area contributed by atoms with Gasteiger partial charge in [-0.1, -0.05) is 60.6 Å². The highest BCUT2D eigenvalue weighted by Gasteiger charge is 2.71. The molecule has 0 spiro atoms. The van der Waals surface area contributed by atoms with Gasteiger partial charge in [-0.2, -0.15) is 0 Å². The summed E-state index contributed by atoms with van der Waals surface area (Å²) < 4.78 is 30.3. The smallest absolute Gasteiger partial charge is 0.306 e. The van der Waals surface area contributed by atoms with Gasteiger partial charge in [0.1, 0.15) is 6.10 Å². The lowest BCUT2D eigenvalue weighted by atomic mass is 9.32. The van der Waals surface area contributed by atoms with E-state index in [-0.39, 0.29) is 63.6 Å². The summed E-state index contributed by atoms with van der Waals surface area (Å²) in [6, 6.07) is 0. The number of aliphatic carboxylic acids is 1. The number of hydrogen-bond donors (Lipinski definition) is 2. The molecule has 1 heterocycles. The van der Waals surface area contributed by atoms with E-state index in [1.54, 1.807) is 0 Å². The summed E-state index contributed by atoms with van der Waals surface area (Å²) in [5.74, 6) is 2.28. The molecule has 5 aliphatic carbocycles. The average Bonchev–Trinajstić information content (AvgIpc) is 3.39. The Balaban J connectivity index is 1.19. The van der Waals surface area contributed by atoms with Crippen molar-refractivity contribution in [2.24, 2.45) is 56.7 Å². The molecule has 0 radical (unpaired) electrons. The number of ether oxygens (including phenoxy) is 1. The number of sulfone groups is 1. The van der Waals surface area contributed by atoms with E-state index in [1.807, 2.05) is 13.8 Å². The van der Waals surface area contributed by atoms with Gasteiger partial charge in [0.25, 0.3) is 0 Å². The fourth-order valence-corrected chi connectivity index (χ4v) is 15.4. The van der Waals surface area contributed by atoms with Crippen LogP contribution in [0.25, 0.3) is 0 Å². The molecule has 5 saturated carbocycles. The van der Waals surface area contributed by atoms with Crippen LogP contribution in [0.15, 0.2) is 12.2 Å². The molecular weight excluding hydrogens is 661 g/mol. The molecule has 6 aliphatic rings. The number of carbonyl (C=O) groups is 2. The third-order valence-electron chi connectivity index (χ3n) is 16.9. The summed E-state index contributed by atoms with van der Waals surface area (Å²) in [5, 5.41) is 13.5. The first-order valence-corrected chi connectivity index (χ1v) is 22.2. The molecule has 0 amide bonds. The van der Waals surface area contributed by atoms with Crippen LogP contribution < -0.4 is 5.32 Å². The van der Waals surface area contributed by atoms with Gasteiger partial charge in [0.15, 0.2) is 9.84 Å². The van der Waals surface area contributed by atoms with Gasteiger partial charge in [-0.15, -0.1) is 0 Å². The quantitative estimate of drug-likeness (QED) is 0.175. The van der Waals surface area contributed by atoms with Crippen LogP contribution in [-0.2, 0) is 24.2 Å². The van der Waals surface area contributed by atoms with Crippen molar-refractivity contribution < 1.29 is 27.9 Å². The van der Waals surface area contributed by atoms with Gasteiger partial charge >= 0.3 is 11.9 Å². The Labute approximate surface area is 309 Å². The first-order chi connectivity index (χ1) is 23.6. The number of allylic oxidation sites excluding steroid dienone is 1. The maximum absolute atomic E-state index is 13.2. The van der Waals surface area contributed by atoms with E-state index >= 15 is 0 Å². The lowest BCUT2D eigenvalue weighted by Gasteiger charge is -2.73. The SMILES string of the molecule is C=C(C)[C@@H]1CC[C@]2(NCCN3CCS(=O)(=O)CC3)CC[C@]3(C)[C@H](CC[C@@H]4[C@@]5(C)CC[C@H](OC(=O)CC(C)(C)CC(=O)O)C(C)(C)[C@@H]5CC[C@]43C)[C@@H]12. The second kappa shape index (κ2) is 13.4. The molecule has 1 saturated heterocycles.